The van der Waals surface area contributed by atoms with Crippen LogP contribution in [0.2, 0.25) is 0 Å². The summed E-state index contributed by atoms with van der Waals surface area (Å²) >= 11 is 2.00. The second kappa shape index (κ2) is 3.67. The second-order valence-corrected chi connectivity index (χ2v) is 5.00. The van der Waals surface area contributed by atoms with Crippen LogP contribution in [0.5, 0.6) is 0 Å². The molecule has 0 spiro atoms. The third-order valence-electron chi connectivity index (χ3n) is 2.82. The third kappa shape index (κ3) is 1.71. The minimum Gasteiger partial charge on any atom is -0.145 e. The molecule has 2 rings (SSSR count). The van der Waals surface area contributed by atoms with Crippen molar-refractivity contribution in [2.24, 2.45) is 0 Å². The van der Waals surface area contributed by atoms with E-state index in [9.17, 15) is 0 Å². The molecule has 0 N–H and O–H groups in total. The number of thiophene rings is 1. The van der Waals surface area contributed by atoms with Crippen molar-refractivity contribution in [2.75, 3.05) is 0 Å². The zero-order valence-corrected chi connectivity index (χ0v) is 8.99. The Labute approximate surface area is 84.3 Å². The summed E-state index contributed by atoms with van der Waals surface area (Å²) in [6.45, 7) is 6.08. The maximum Gasteiger partial charge on any atom is 0.0117 e. The van der Waals surface area contributed by atoms with Crippen molar-refractivity contribution in [1.82, 2.24) is 0 Å². The van der Waals surface area contributed by atoms with Gasteiger partial charge in [-0.25, -0.2) is 0 Å². The summed E-state index contributed by atoms with van der Waals surface area (Å²) < 4.78 is 0. The van der Waals surface area contributed by atoms with E-state index in [0.717, 1.165) is 0 Å². The summed E-state index contributed by atoms with van der Waals surface area (Å²) in [5, 5.41) is 0. The van der Waals surface area contributed by atoms with Gasteiger partial charge in [-0.2, -0.15) is 0 Å². The Balaban J connectivity index is 2.29. The summed E-state index contributed by atoms with van der Waals surface area (Å²) in [6, 6.07) is 2.39. The average molecular weight is 192 g/mol. The minimum atomic E-state index is 0.538. The Morgan fingerprint density at radius 2 is 2.23 bits per heavy atom. The number of allylic oxidation sites excluding steroid dienone is 1. The Kier molecular flexibility index (Phi) is 2.54. The van der Waals surface area contributed by atoms with Crippen LogP contribution >= 0.6 is 11.3 Å². The molecule has 0 saturated carbocycles. The molecule has 0 saturated heterocycles. The number of rotatable bonds is 2. The third-order valence-corrected chi connectivity index (χ3v) is 4.26. The van der Waals surface area contributed by atoms with Crippen molar-refractivity contribution < 1.29 is 0 Å². The highest BCUT2D eigenvalue weighted by Crippen LogP contribution is 2.33. The molecule has 1 aromatic rings. The van der Waals surface area contributed by atoms with Gasteiger partial charge >= 0.3 is 0 Å². The van der Waals surface area contributed by atoms with Crippen molar-refractivity contribution in [3.8, 4) is 0 Å². The largest absolute Gasteiger partial charge is 0.145 e. The molecule has 1 atom stereocenters. The van der Waals surface area contributed by atoms with Crippen molar-refractivity contribution in [2.45, 2.75) is 38.5 Å². The molecule has 0 nitrogen and oxygen atoms in total. The van der Waals surface area contributed by atoms with Gasteiger partial charge in [0, 0.05) is 15.7 Å². The van der Waals surface area contributed by atoms with Crippen LogP contribution in [-0.2, 0) is 12.8 Å². The summed E-state index contributed by atoms with van der Waals surface area (Å²) in [5.74, 6) is 0.538. The van der Waals surface area contributed by atoms with E-state index in [4.69, 9.17) is 0 Å². The van der Waals surface area contributed by atoms with Crippen molar-refractivity contribution in [3.05, 3.63) is 34.0 Å². The molecule has 0 radical (unpaired) electrons. The molecule has 13 heavy (non-hydrogen) atoms. The Bertz CT molecular complexity index is 285. The first-order valence-corrected chi connectivity index (χ1v) is 5.87. The summed E-state index contributed by atoms with van der Waals surface area (Å²) in [6.07, 6.45) is 7.41. The fourth-order valence-corrected chi connectivity index (χ4v) is 3.16. The molecule has 1 aromatic heterocycles. The van der Waals surface area contributed by atoms with E-state index >= 15 is 0 Å². The van der Waals surface area contributed by atoms with Crippen LogP contribution in [0.4, 0.5) is 0 Å². The zero-order valence-electron chi connectivity index (χ0n) is 8.18. The fraction of sp³-hybridized carbons (Fsp3) is 0.500. The molecule has 1 aliphatic carbocycles. The first kappa shape index (κ1) is 9.01. The highest BCUT2D eigenvalue weighted by Gasteiger charge is 2.14. The lowest BCUT2D eigenvalue weighted by atomic mass is 9.98. The molecule has 0 aromatic carbocycles. The van der Waals surface area contributed by atoms with Crippen molar-refractivity contribution >= 4 is 11.3 Å². The fourth-order valence-electron chi connectivity index (χ4n) is 1.85. The molecule has 1 heterocycles. The van der Waals surface area contributed by atoms with Gasteiger partial charge in [-0.3, -0.25) is 0 Å². The van der Waals surface area contributed by atoms with Gasteiger partial charge in [0.1, 0.15) is 0 Å². The predicted molar refractivity (Wildman–Crippen MR) is 59.6 cm³/mol. The van der Waals surface area contributed by atoms with Gasteiger partial charge in [0.05, 0.1) is 0 Å². The van der Waals surface area contributed by atoms with Gasteiger partial charge in [-0.15, -0.1) is 17.9 Å². The van der Waals surface area contributed by atoms with Crippen molar-refractivity contribution in [3.63, 3.8) is 0 Å². The molecular weight excluding hydrogens is 176 g/mol. The van der Waals surface area contributed by atoms with Crippen LogP contribution in [0.15, 0.2) is 18.7 Å². The number of aryl methyl sites for hydroxylation is 2. The Hall–Kier alpha value is -0.560. The molecule has 70 valence electrons. The van der Waals surface area contributed by atoms with Crippen LogP contribution in [0.3, 0.4) is 0 Å². The van der Waals surface area contributed by atoms with E-state index in [1.807, 2.05) is 17.4 Å². The summed E-state index contributed by atoms with van der Waals surface area (Å²) in [5.41, 5.74) is 1.61. The lowest BCUT2D eigenvalue weighted by Gasteiger charge is -2.08. The van der Waals surface area contributed by atoms with E-state index in [-0.39, 0.29) is 0 Å². The molecule has 0 aliphatic heterocycles. The molecular formula is C12H16S. The Morgan fingerprint density at radius 1 is 1.46 bits per heavy atom. The van der Waals surface area contributed by atoms with E-state index < -0.39 is 0 Å². The monoisotopic (exact) mass is 192 g/mol. The van der Waals surface area contributed by atoms with E-state index in [0.29, 0.717) is 5.92 Å². The van der Waals surface area contributed by atoms with Gasteiger partial charge in [0.2, 0.25) is 0 Å². The van der Waals surface area contributed by atoms with E-state index in [2.05, 4.69) is 19.6 Å². The van der Waals surface area contributed by atoms with Gasteiger partial charge in [-0.1, -0.05) is 13.0 Å². The van der Waals surface area contributed by atoms with E-state index in [1.165, 1.54) is 30.6 Å². The molecule has 0 bridgehead atoms. The maximum absolute atomic E-state index is 3.85. The zero-order chi connectivity index (χ0) is 9.26. The highest BCUT2D eigenvalue weighted by atomic mass is 32.1. The van der Waals surface area contributed by atoms with Gasteiger partial charge in [0.25, 0.3) is 0 Å². The molecule has 1 aliphatic rings. The number of hydrogen-bond acceptors (Lipinski definition) is 1. The minimum absolute atomic E-state index is 0.538. The topological polar surface area (TPSA) is 0 Å². The van der Waals surface area contributed by atoms with Gasteiger partial charge in [-0.05, 0) is 37.3 Å². The standard InChI is InChI=1S/C12H16S/c1-3-9(2)12-8-10-6-4-5-7-11(10)13-12/h3,8-9H,1,4-7H2,2H3. The first-order valence-electron chi connectivity index (χ1n) is 5.05. The van der Waals surface area contributed by atoms with Crippen LogP contribution < -0.4 is 0 Å². The number of hydrogen-bond donors (Lipinski definition) is 0. The predicted octanol–water partition coefficient (Wildman–Crippen LogP) is 3.92. The summed E-state index contributed by atoms with van der Waals surface area (Å²) in [4.78, 5) is 3.14. The smallest absolute Gasteiger partial charge is 0.0117 e. The number of fused-ring (bicyclic) bond motifs is 1. The van der Waals surface area contributed by atoms with Crippen LogP contribution in [0, 0.1) is 0 Å². The quantitative estimate of drug-likeness (QED) is 0.623. The van der Waals surface area contributed by atoms with Crippen LogP contribution in [0.1, 0.15) is 41.0 Å². The summed E-state index contributed by atoms with van der Waals surface area (Å²) in [7, 11) is 0. The van der Waals surface area contributed by atoms with Crippen LogP contribution in [-0.4, -0.2) is 0 Å². The van der Waals surface area contributed by atoms with Gasteiger partial charge in [0.15, 0.2) is 0 Å². The van der Waals surface area contributed by atoms with Crippen molar-refractivity contribution in [1.29, 1.82) is 0 Å². The first-order chi connectivity index (χ1) is 6.31. The maximum atomic E-state index is 3.85. The van der Waals surface area contributed by atoms with E-state index in [1.54, 1.807) is 10.4 Å². The molecule has 0 fully saturated rings. The Morgan fingerprint density at radius 3 is 2.92 bits per heavy atom. The highest BCUT2D eigenvalue weighted by molar-refractivity contribution is 7.12. The molecule has 0 amide bonds. The van der Waals surface area contributed by atoms with Crippen LogP contribution in [0.25, 0.3) is 0 Å². The normalized spacial score (nSPS) is 17.9. The lowest BCUT2D eigenvalue weighted by Crippen LogP contribution is -1.96. The second-order valence-electron chi connectivity index (χ2n) is 3.83. The SMILES string of the molecule is C=CC(C)c1cc2c(s1)CCCC2. The molecule has 1 unspecified atom stereocenters. The average Bonchev–Trinajstić information content (AvgIpc) is 2.59. The lowest BCUT2D eigenvalue weighted by molar-refractivity contribution is 0.697. The van der Waals surface area contributed by atoms with Gasteiger partial charge < -0.3 is 0 Å². The molecule has 1 heteroatoms.